The Bertz CT molecular complexity index is 1240. The van der Waals surface area contributed by atoms with Gasteiger partial charge in [0.1, 0.15) is 0 Å². The van der Waals surface area contributed by atoms with Gasteiger partial charge in [-0.15, -0.1) is 18.3 Å². The van der Waals surface area contributed by atoms with Gasteiger partial charge in [0.15, 0.2) is 0 Å². The summed E-state index contributed by atoms with van der Waals surface area (Å²) in [6.45, 7) is 11.4. The van der Waals surface area contributed by atoms with Crippen molar-refractivity contribution >= 4 is 21.9 Å². The number of rotatable bonds is 9. The van der Waals surface area contributed by atoms with E-state index in [0.29, 0.717) is 5.89 Å². The maximum Gasteiger partial charge on any atom is 0.322 e. The zero-order chi connectivity index (χ0) is 23.3. The third-order valence-electron chi connectivity index (χ3n) is 4.68. The molecule has 8 nitrogen and oxygen atoms in total. The molecule has 0 radical (unpaired) electrons. The Morgan fingerprint density at radius 2 is 1.72 bits per heavy atom. The third-order valence-corrected chi connectivity index (χ3v) is 6.52. The molecule has 2 aromatic carbocycles. The molecular weight excluding hydrogens is 428 g/mol. The Balaban J connectivity index is 1.75. The molecule has 3 aromatic rings. The van der Waals surface area contributed by atoms with E-state index >= 15 is 0 Å². The second kappa shape index (κ2) is 9.71. The Morgan fingerprint density at radius 3 is 2.31 bits per heavy atom. The van der Waals surface area contributed by atoms with Crippen LogP contribution in [0.2, 0.25) is 0 Å². The van der Waals surface area contributed by atoms with Crippen LogP contribution in [0.15, 0.2) is 77.1 Å². The van der Waals surface area contributed by atoms with Gasteiger partial charge < -0.3 is 4.42 Å². The molecule has 0 saturated carbocycles. The lowest BCUT2D eigenvalue weighted by atomic mass is 10.1. The van der Waals surface area contributed by atoms with Gasteiger partial charge in [0.25, 0.3) is 5.91 Å². The summed E-state index contributed by atoms with van der Waals surface area (Å²) in [4.78, 5) is 12.6. The first-order chi connectivity index (χ1) is 15.3. The first-order valence-electron chi connectivity index (χ1n) is 9.80. The first-order valence-corrected chi connectivity index (χ1v) is 11.2. The Labute approximate surface area is 187 Å². The lowest BCUT2D eigenvalue weighted by Crippen LogP contribution is -2.31. The summed E-state index contributed by atoms with van der Waals surface area (Å²) in [7, 11) is -3.74. The van der Waals surface area contributed by atoms with Crippen LogP contribution in [0.5, 0.6) is 0 Å². The van der Waals surface area contributed by atoms with Crippen LogP contribution < -0.4 is 5.32 Å². The maximum absolute atomic E-state index is 12.8. The number of hydrogen-bond donors (Lipinski definition) is 1. The van der Waals surface area contributed by atoms with E-state index in [9.17, 15) is 13.2 Å². The molecule has 0 fully saturated rings. The van der Waals surface area contributed by atoms with Gasteiger partial charge in [-0.05, 0) is 49.7 Å². The molecule has 0 unspecified atom stereocenters. The van der Waals surface area contributed by atoms with Crippen molar-refractivity contribution in [2.24, 2.45) is 0 Å². The molecule has 0 bridgehead atoms. The zero-order valence-electron chi connectivity index (χ0n) is 17.9. The number of aryl methyl sites for hydroxylation is 2. The quantitative estimate of drug-likeness (QED) is 0.493. The average Bonchev–Trinajstić information content (AvgIpc) is 3.21. The van der Waals surface area contributed by atoms with E-state index in [-0.39, 0.29) is 29.6 Å². The van der Waals surface area contributed by atoms with Crippen molar-refractivity contribution < 1.29 is 17.6 Å². The topological polar surface area (TPSA) is 105 Å². The minimum absolute atomic E-state index is 0.0511. The fourth-order valence-electron chi connectivity index (χ4n) is 3.09. The molecule has 0 spiro atoms. The molecule has 1 amide bonds. The van der Waals surface area contributed by atoms with Gasteiger partial charge in [0.2, 0.25) is 15.9 Å². The van der Waals surface area contributed by atoms with E-state index < -0.39 is 15.9 Å². The van der Waals surface area contributed by atoms with Gasteiger partial charge in [0.05, 0.1) is 4.90 Å². The second-order valence-corrected chi connectivity index (χ2v) is 9.05. The molecule has 166 valence electrons. The number of benzene rings is 2. The van der Waals surface area contributed by atoms with Crippen LogP contribution in [0, 0.1) is 13.8 Å². The Hall–Kier alpha value is -3.56. The second-order valence-electron chi connectivity index (χ2n) is 7.11. The van der Waals surface area contributed by atoms with Crippen LogP contribution in [0.25, 0.3) is 11.5 Å². The van der Waals surface area contributed by atoms with Gasteiger partial charge in [-0.2, -0.15) is 4.31 Å². The summed E-state index contributed by atoms with van der Waals surface area (Å²) in [5, 5.41) is 10.4. The first kappa shape index (κ1) is 23.1. The Kier molecular flexibility index (Phi) is 7.01. The van der Waals surface area contributed by atoms with Gasteiger partial charge in [-0.3, -0.25) is 10.1 Å². The number of carbonyl (C=O) groups is 1. The predicted octanol–water partition coefficient (Wildman–Crippen LogP) is 3.97. The third kappa shape index (κ3) is 5.01. The van der Waals surface area contributed by atoms with Crippen molar-refractivity contribution in [3.63, 3.8) is 0 Å². The summed E-state index contributed by atoms with van der Waals surface area (Å²) in [5.74, 6) is -0.206. The molecule has 32 heavy (non-hydrogen) atoms. The Morgan fingerprint density at radius 1 is 1.06 bits per heavy atom. The maximum atomic E-state index is 12.8. The molecule has 0 aliphatic carbocycles. The molecular formula is C23H24N4O4S. The van der Waals surface area contributed by atoms with Gasteiger partial charge in [0, 0.05) is 24.2 Å². The minimum atomic E-state index is -3.74. The molecule has 1 aromatic heterocycles. The van der Waals surface area contributed by atoms with Crippen LogP contribution in [0.3, 0.4) is 0 Å². The van der Waals surface area contributed by atoms with Crippen LogP contribution in [0.1, 0.15) is 21.5 Å². The summed E-state index contributed by atoms with van der Waals surface area (Å²) in [6.07, 6.45) is 3.00. The molecule has 0 atom stereocenters. The molecule has 0 aliphatic heterocycles. The standard InChI is InChI=1S/C23H24N4O4S/c1-5-13-27(14-6-2)32(29,30)19-10-8-18(9-11-19)21(28)24-23-26-25-22(31-23)20-12-7-16(3)15-17(20)4/h5-12,15H,1-2,13-14H2,3-4H3,(H,24,26,28). The van der Waals surface area contributed by atoms with E-state index in [0.717, 1.165) is 16.7 Å². The summed E-state index contributed by atoms with van der Waals surface area (Å²) >= 11 is 0. The van der Waals surface area contributed by atoms with E-state index in [2.05, 4.69) is 28.7 Å². The van der Waals surface area contributed by atoms with E-state index in [4.69, 9.17) is 4.42 Å². The molecule has 1 N–H and O–H groups in total. The average molecular weight is 453 g/mol. The number of nitrogens with zero attached hydrogens (tertiary/aromatic N) is 3. The van der Waals surface area contributed by atoms with Crippen LogP contribution in [-0.2, 0) is 10.0 Å². The van der Waals surface area contributed by atoms with Crippen molar-refractivity contribution in [1.82, 2.24) is 14.5 Å². The lowest BCUT2D eigenvalue weighted by Gasteiger charge is -2.19. The fraction of sp³-hybridized carbons (Fsp3) is 0.174. The van der Waals surface area contributed by atoms with Gasteiger partial charge >= 0.3 is 6.01 Å². The highest BCUT2D eigenvalue weighted by atomic mass is 32.2. The van der Waals surface area contributed by atoms with Crippen molar-refractivity contribution in [3.05, 3.63) is 84.5 Å². The SMILES string of the molecule is C=CCN(CC=C)S(=O)(=O)c1ccc(C(=O)Nc2nnc(-c3ccc(C)cc3C)o2)cc1. The highest BCUT2D eigenvalue weighted by Crippen LogP contribution is 2.24. The monoisotopic (exact) mass is 452 g/mol. The molecule has 1 heterocycles. The van der Waals surface area contributed by atoms with E-state index in [1.807, 2.05) is 32.0 Å². The normalized spacial score (nSPS) is 11.3. The highest BCUT2D eigenvalue weighted by molar-refractivity contribution is 7.89. The van der Waals surface area contributed by atoms with Crippen molar-refractivity contribution in [2.75, 3.05) is 18.4 Å². The number of sulfonamides is 1. The lowest BCUT2D eigenvalue weighted by molar-refractivity contribution is 0.102. The number of amides is 1. The van der Waals surface area contributed by atoms with Crippen LogP contribution >= 0.6 is 0 Å². The van der Waals surface area contributed by atoms with Crippen molar-refractivity contribution in [3.8, 4) is 11.5 Å². The van der Waals surface area contributed by atoms with Crippen LogP contribution in [-0.4, -0.2) is 41.9 Å². The smallest absolute Gasteiger partial charge is 0.322 e. The molecule has 0 aliphatic rings. The number of anilines is 1. The molecule has 9 heteroatoms. The number of hydrogen-bond acceptors (Lipinski definition) is 6. The van der Waals surface area contributed by atoms with Crippen molar-refractivity contribution in [1.29, 1.82) is 0 Å². The number of carbonyl (C=O) groups excluding carboxylic acids is 1. The van der Waals surface area contributed by atoms with E-state index in [1.165, 1.54) is 40.7 Å². The van der Waals surface area contributed by atoms with Crippen LogP contribution in [0.4, 0.5) is 6.01 Å². The van der Waals surface area contributed by atoms with Crippen molar-refractivity contribution in [2.45, 2.75) is 18.7 Å². The zero-order valence-corrected chi connectivity index (χ0v) is 18.7. The van der Waals surface area contributed by atoms with Gasteiger partial charge in [-0.1, -0.05) is 34.9 Å². The summed E-state index contributed by atoms with van der Waals surface area (Å²) < 4.78 is 32.3. The summed E-state index contributed by atoms with van der Waals surface area (Å²) in [5.41, 5.74) is 3.11. The molecule has 3 rings (SSSR count). The summed E-state index contributed by atoms with van der Waals surface area (Å²) in [6, 6.07) is 11.4. The predicted molar refractivity (Wildman–Crippen MR) is 123 cm³/mol. The van der Waals surface area contributed by atoms with E-state index in [1.54, 1.807) is 0 Å². The largest absolute Gasteiger partial charge is 0.403 e. The fourth-order valence-corrected chi connectivity index (χ4v) is 4.47. The van der Waals surface area contributed by atoms with Gasteiger partial charge in [-0.25, -0.2) is 8.42 Å². The molecule has 0 saturated heterocycles. The highest BCUT2D eigenvalue weighted by Gasteiger charge is 2.23. The minimum Gasteiger partial charge on any atom is -0.403 e. The number of nitrogens with one attached hydrogen (secondary N) is 1. The number of aromatic nitrogens is 2.